The van der Waals surface area contributed by atoms with Gasteiger partial charge in [0.05, 0.1) is 18.0 Å². The number of rotatable bonds is 3. The van der Waals surface area contributed by atoms with Crippen LogP contribution in [0.2, 0.25) is 5.02 Å². The van der Waals surface area contributed by atoms with Crippen LogP contribution in [-0.4, -0.2) is 11.9 Å². The summed E-state index contributed by atoms with van der Waals surface area (Å²) >= 11 is 5.89. The lowest BCUT2D eigenvalue weighted by atomic mass is 9.99. The summed E-state index contributed by atoms with van der Waals surface area (Å²) in [5, 5.41) is 3.76. The average Bonchev–Trinajstić information content (AvgIpc) is 2.84. The maximum absolute atomic E-state index is 12.5. The van der Waals surface area contributed by atoms with Crippen molar-refractivity contribution in [2.45, 2.75) is 31.3 Å². The standard InChI is InChI=1S/C18H19ClN2O/c1-11(12-6-8-14(19)9-7-12)18(22)21-16-10-13-4-2-3-5-15(13)17(16)20/h2-9,11,16-17H,10,20H2,1H3,(H,21,22)/t11?,16-,17-/m0/s1. The fraction of sp³-hybridized carbons (Fsp3) is 0.278. The van der Waals surface area contributed by atoms with Crippen LogP contribution in [0, 0.1) is 0 Å². The van der Waals surface area contributed by atoms with E-state index in [1.165, 1.54) is 5.56 Å². The molecule has 0 saturated carbocycles. The molecule has 4 heteroatoms. The minimum Gasteiger partial charge on any atom is -0.351 e. The van der Waals surface area contributed by atoms with Crippen molar-refractivity contribution in [1.82, 2.24) is 5.32 Å². The molecule has 2 aromatic rings. The summed E-state index contributed by atoms with van der Waals surface area (Å²) in [7, 11) is 0. The molecule has 0 bridgehead atoms. The number of hydrogen-bond donors (Lipinski definition) is 2. The zero-order valence-corrected chi connectivity index (χ0v) is 13.2. The van der Waals surface area contributed by atoms with Gasteiger partial charge in [0.25, 0.3) is 0 Å². The summed E-state index contributed by atoms with van der Waals surface area (Å²) in [6.45, 7) is 1.90. The van der Waals surface area contributed by atoms with Crippen molar-refractivity contribution < 1.29 is 4.79 Å². The number of fused-ring (bicyclic) bond motifs is 1. The Labute approximate surface area is 135 Å². The molecule has 0 aromatic heterocycles. The molecule has 3 rings (SSSR count). The molecule has 2 aromatic carbocycles. The van der Waals surface area contributed by atoms with Crippen LogP contribution < -0.4 is 11.1 Å². The molecule has 114 valence electrons. The second kappa shape index (κ2) is 6.11. The van der Waals surface area contributed by atoms with Gasteiger partial charge in [0.2, 0.25) is 5.91 Å². The molecular formula is C18H19ClN2O. The van der Waals surface area contributed by atoms with Crippen molar-refractivity contribution in [3.05, 3.63) is 70.2 Å². The number of carbonyl (C=O) groups excluding carboxylic acids is 1. The second-order valence-electron chi connectivity index (χ2n) is 5.82. The summed E-state index contributed by atoms with van der Waals surface area (Å²) in [5.41, 5.74) is 9.57. The van der Waals surface area contributed by atoms with Crippen LogP contribution in [-0.2, 0) is 11.2 Å². The van der Waals surface area contributed by atoms with Gasteiger partial charge in [0.15, 0.2) is 0 Å². The van der Waals surface area contributed by atoms with Crippen LogP contribution in [0.1, 0.15) is 35.6 Å². The maximum atomic E-state index is 12.5. The number of nitrogens with one attached hydrogen (secondary N) is 1. The first-order valence-electron chi connectivity index (χ1n) is 7.45. The fourth-order valence-corrected chi connectivity index (χ4v) is 3.10. The van der Waals surface area contributed by atoms with Crippen LogP contribution >= 0.6 is 11.6 Å². The smallest absolute Gasteiger partial charge is 0.227 e. The predicted molar refractivity (Wildman–Crippen MR) is 88.9 cm³/mol. The maximum Gasteiger partial charge on any atom is 0.227 e. The van der Waals surface area contributed by atoms with Crippen molar-refractivity contribution in [2.24, 2.45) is 5.73 Å². The van der Waals surface area contributed by atoms with E-state index in [9.17, 15) is 4.79 Å². The molecule has 0 aliphatic heterocycles. The van der Waals surface area contributed by atoms with Gasteiger partial charge in [-0.2, -0.15) is 0 Å². The van der Waals surface area contributed by atoms with Gasteiger partial charge in [-0.05, 0) is 42.2 Å². The van der Waals surface area contributed by atoms with Gasteiger partial charge in [-0.25, -0.2) is 0 Å². The van der Waals surface area contributed by atoms with E-state index in [4.69, 9.17) is 17.3 Å². The highest BCUT2D eigenvalue weighted by Crippen LogP contribution is 2.30. The third-order valence-corrected chi connectivity index (χ3v) is 4.63. The van der Waals surface area contributed by atoms with Crippen molar-refractivity contribution in [3.63, 3.8) is 0 Å². The Morgan fingerprint density at radius 2 is 1.91 bits per heavy atom. The first kappa shape index (κ1) is 15.1. The van der Waals surface area contributed by atoms with E-state index >= 15 is 0 Å². The number of carbonyl (C=O) groups is 1. The Morgan fingerprint density at radius 3 is 2.59 bits per heavy atom. The molecule has 3 nitrogen and oxygen atoms in total. The molecule has 0 fully saturated rings. The normalized spacial score (nSPS) is 21.2. The van der Waals surface area contributed by atoms with Crippen LogP contribution in [0.25, 0.3) is 0 Å². The molecule has 0 spiro atoms. The van der Waals surface area contributed by atoms with Gasteiger partial charge in [-0.3, -0.25) is 4.79 Å². The van der Waals surface area contributed by atoms with Crippen LogP contribution in [0.5, 0.6) is 0 Å². The number of amides is 1. The summed E-state index contributed by atoms with van der Waals surface area (Å²) in [4.78, 5) is 12.5. The molecule has 0 heterocycles. The zero-order chi connectivity index (χ0) is 15.7. The average molecular weight is 315 g/mol. The Bertz CT molecular complexity index is 684. The molecule has 1 aliphatic rings. The number of hydrogen-bond acceptors (Lipinski definition) is 2. The molecule has 1 aliphatic carbocycles. The van der Waals surface area contributed by atoms with E-state index in [0.29, 0.717) is 5.02 Å². The van der Waals surface area contributed by atoms with Crippen molar-refractivity contribution in [1.29, 1.82) is 0 Å². The van der Waals surface area contributed by atoms with Crippen molar-refractivity contribution in [2.75, 3.05) is 0 Å². The molecular weight excluding hydrogens is 296 g/mol. The Morgan fingerprint density at radius 1 is 1.23 bits per heavy atom. The summed E-state index contributed by atoms with van der Waals surface area (Å²) in [6.07, 6.45) is 0.788. The Hall–Kier alpha value is -1.84. The highest BCUT2D eigenvalue weighted by Gasteiger charge is 2.31. The molecule has 3 atom stereocenters. The van der Waals surface area contributed by atoms with Gasteiger partial charge in [0.1, 0.15) is 0 Å². The minimum atomic E-state index is -0.229. The molecule has 1 amide bonds. The first-order chi connectivity index (χ1) is 10.6. The highest BCUT2D eigenvalue weighted by atomic mass is 35.5. The molecule has 3 N–H and O–H groups in total. The summed E-state index contributed by atoms with van der Waals surface area (Å²) < 4.78 is 0. The topological polar surface area (TPSA) is 55.1 Å². The molecule has 1 unspecified atom stereocenters. The van der Waals surface area contributed by atoms with Gasteiger partial charge in [-0.15, -0.1) is 0 Å². The van der Waals surface area contributed by atoms with Crippen LogP contribution in [0.3, 0.4) is 0 Å². The van der Waals surface area contributed by atoms with Gasteiger partial charge in [0, 0.05) is 5.02 Å². The van der Waals surface area contributed by atoms with E-state index in [-0.39, 0.29) is 23.9 Å². The van der Waals surface area contributed by atoms with E-state index in [1.807, 2.05) is 37.3 Å². The largest absolute Gasteiger partial charge is 0.351 e. The molecule has 0 saturated heterocycles. The molecule has 0 radical (unpaired) electrons. The Kier molecular flexibility index (Phi) is 4.19. The van der Waals surface area contributed by atoms with Gasteiger partial charge >= 0.3 is 0 Å². The Balaban J connectivity index is 1.69. The lowest BCUT2D eigenvalue weighted by Crippen LogP contribution is -2.42. The van der Waals surface area contributed by atoms with Gasteiger partial charge in [-0.1, -0.05) is 48.0 Å². The third-order valence-electron chi connectivity index (χ3n) is 4.38. The zero-order valence-electron chi connectivity index (χ0n) is 12.4. The monoisotopic (exact) mass is 314 g/mol. The van der Waals surface area contributed by atoms with Crippen LogP contribution in [0.15, 0.2) is 48.5 Å². The lowest BCUT2D eigenvalue weighted by molar-refractivity contribution is -0.123. The van der Waals surface area contributed by atoms with E-state index in [0.717, 1.165) is 17.5 Å². The van der Waals surface area contributed by atoms with E-state index < -0.39 is 0 Å². The predicted octanol–water partition coefficient (Wildman–Crippen LogP) is 3.18. The second-order valence-corrected chi connectivity index (χ2v) is 6.25. The lowest BCUT2D eigenvalue weighted by Gasteiger charge is -2.21. The number of nitrogens with two attached hydrogens (primary N) is 1. The van der Waals surface area contributed by atoms with Crippen molar-refractivity contribution >= 4 is 17.5 Å². The minimum absolute atomic E-state index is 0.00409. The van der Waals surface area contributed by atoms with Crippen molar-refractivity contribution in [3.8, 4) is 0 Å². The molecule has 22 heavy (non-hydrogen) atoms. The SMILES string of the molecule is CC(C(=O)N[C@H]1Cc2ccccc2[C@@H]1N)c1ccc(Cl)cc1. The van der Waals surface area contributed by atoms with Crippen LogP contribution in [0.4, 0.5) is 0 Å². The van der Waals surface area contributed by atoms with E-state index in [1.54, 1.807) is 12.1 Å². The summed E-state index contributed by atoms with van der Waals surface area (Å²) in [6, 6.07) is 15.3. The van der Waals surface area contributed by atoms with E-state index in [2.05, 4.69) is 11.4 Å². The highest BCUT2D eigenvalue weighted by molar-refractivity contribution is 6.30. The van der Waals surface area contributed by atoms with Gasteiger partial charge < -0.3 is 11.1 Å². The number of halogens is 1. The summed E-state index contributed by atoms with van der Waals surface area (Å²) in [5.74, 6) is -0.233. The third kappa shape index (κ3) is 2.87. The fourth-order valence-electron chi connectivity index (χ4n) is 2.98. The number of benzene rings is 2. The first-order valence-corrected chi connectivity index (χ1v) is 7.83. The quantitative estimate of drug-likeness (QED) is 0.914.